The predicted molar refractivity (Wildman–Crippen MR) is 76.9 cm³/mol. The van der Waals surface area contributed by atoms with Gasteiger partial charge in [-0.2, -0.15) is 4.98 Å². The van der Waals surface area contributed by atoms with E-state index in [0.717, 1.165) is 12.1 Å². The first-order chi connectivity index (χ1) is 9.88. The summed E-state index contributed by atoms with van der Waals surface area (Å²) in [6.07, 6.45) is 0. The molecule has 0 unspecified atom stereocenters. The van der Waals surface area contributed by atoms with Crippen LogP contribution in [0, 0.1) is 15.9 Å². The molecule has 0 fully saturated rings. The highest BCUT2D eigenvalue weighted by atomic mass is 79.9. The Morgan fingerprint density at radius 1 is 1.38 bits per heavy atom. The molecule has 0 saturated carbocycles. The summed E-state index contributed by atoms with van der Waals surface area (Å²) in [5.41, 5.74) is -0.462. The molecule has 0 spiro atoms. The SMILES string of the molecule is CC(C)c1nc(Br)cc(Oc2c(F)cccc2[N+](=O)[O-])n1. The van der Waals surface area contributed by atoms with Crippen LogP contribution in [0.4, 0.5) is 10.1 Å². The third-order valence-corrected chi connectivity index (χ3v) is 2.96. The van der Waals surface area contributed by atoms with Crippen LogP contribution >= 0.6 is 15.9 Å². The summed E-state index contributed by atoms with van der Waals surface area (Å²) in [6, 6.07) is 4.91. The van der Waals surface area contributed by atoms with E-state index >= 15 is 0 Å². The number of hydrogen-bond acceptors (Lipinski definition) is 5. The van der Waals surface area contributed by atoms with Crippen LogP contribution in [0.15, 0.2) is 28.9 Å². The normalized spacial score (nSPS) is 10.7. The lowest BCUT2D eigenvalue weighted by molar-refractivity contribution is -0.385. The number of nitrogens with zero attached hydrogens (tertiary/aromatic N) is 3. The number of hydrogen-bond donors (Lipinski definition) is 0. The van der Waals surface area contributed by atoms with Crippen molar-refractivity contribution in [2.24, 2.45) is 0 Å². The Labute approximate surface area is 128 Å². The zero-order chi connectivity index (χ0) is 15.6. The van der Waals surface area contributed by atoms with E-state index in [-0.39, 0.29) is 11.8 Å². The Kier molecular flexibility index (Phi) is 4.46. The van der Waals surface area contributed by atoms with Gasteiger partial charge in [0.05, 0.1) is 4.92 Å². The average Bonchev–Trinajstić information content (AvgIpc) is 2.40. The van der Waals surface area contributed by atoms with E-state index in [9.17, 15) is 14.5 Å². The molecule has 0 amide bonds. The molecule has 8 heteroatoms. The van der Waals surface area contributed by atoms with Crippen LogP contribution in [0.3, 0.4) is 0 Å². The number of benzene rings is 1. The van der Waals surface area contributed by atoms with Crippen LogP contribution in [0.1, 0.15) is 25.6 Å². The van der Waals surface area contributed by atoms with Gasteiger partial charge in [0.1, 0.15) is 10.4 Å². The van der Waals surface area contributed by atoms with Crippen LogP contribution in [0.25, 0.3) is 0 Å². The molecule has 110 valence electrons. The molecule has 0 atom stereocenters. The summed E-state index contributed by atoms with van der Waals surface area (Å²) in [5.74, 6) is -0.750. The molecule has 0 saturated heterocycles. The Morgan fingerprint density at radius 3 is 2.71 bits per heavy atom. The zero-order valence-corrected chi connectivity index (χ0v) is 12.8. The van der Waals surface area contributed by atoms with Crippen LogP contribution in [-0.4, -0.2) is 14.9 Å². The van der Waals surface area contributed by atoms with Gasteiger partial charge in [0, 0.05) is 18.1 Å². The largest absolute Gasteiger partial charge is 0.428 e. The second kappa shape index (κ2) is 6.13. The van der Waals surface area contributed by atoms with Gasteiger partial charge in [0.2, 0.25) is 11.6 Å². The van der Waals surface area contributed by atoms with Gasteiger partial charge in [-0.3, -0.25) is 10.1 Å². The minimum absolute atomic E-state index is 0.0282. The summed E-state index contributed by atoms with van der Waals surface area (Å²) in [6.45, 7) is 3.77. The number of halogens is 2. The standard InChI is InChI=1S/C13H11BrFN3O3/c1-7(2)13-16-10(14)6-11(17-13)21-12-8(15)4-3-5-9(12)18(19)20/h3-7H,1-2H3. The van der Waals surface area contributed by atoms with E-state index in [0.29, 0.717) is 10.4 Å². The molecule has 1 aromatic carbocycles. The van der Waals surface area contributed by atoms with Crippen LogP contribution in [-0.2, 0) is 0 Å². The maximum Gasteiger partial charge on any atom is 0.314 e. The van der Waals surface area contributed by atoms with E-state index in [2.05, 4.69) is 25.9 Å². The Balaban J connectivity index is 2.45. The quantitative estimate of drug-likeness (QED) is 0.466. The number of para-hydroxylation sites is 1. The van der Waals surface area contributed by atoms with Gasteiger partial charge >= 0.3 is 5.69 Å². The molecule has 0 bridgehead atoms. The van der Waals surface area contributed by atoms with Crippen LogP contribution in [0.2, 0.25) is 0 Å². The van der Waals surface area contributed by atoms with Crippen molar-refractivity contribution in [3.63, 3.8) is 0 Å². The van der Waals surface area contributed by atoms with Gasteiger partial charge in [-0.1, -0.05) is 19.9 Å². The monoisotopic (exact) mass is 355 g/mol. The average molecular weight is 356 g/mol. The highest BCUT2D eigenvalue weighted by molar-refractivity contribution is 9.10. The molecule has 0 aliphatic rings. The third kappa shape index (κ3) is 3.52. The fourth-order valence-electron chi connectivity index (χ4n) is 1.57. The summed E-state index contributed by atoms with van der Waals surface area (Å²) in [5, 5.41) is 10.9. The fourth-order valence-corrected chi connectivity index (χ4v) is 1.95. The molecule has 1 aromatic heterocycles. The van der Waals surface area contributed by atoms with Crippen molar-refractivity contribution in [1.82, 2.24) is 9.97 Å². The van der Waals surface area contributed by atoms with Crippen LogP contribution < -0.4 is 4.74 Å². The molecule has 2 aromatic rings. The molecule has 6 nitrogen and oxygen atoms in total. The molecule has 0 N–H and O–H groups in total. The lowest BCUT2D eigenvalue weighted by Gasteiger charge is -2.09. The van der Waals surface area contributed by atoms with Crippen molar-refractivity contribution in [1.29, 1.82) is 0 Å². The predicted octanol–water partition coefficient (Wildman–Crippen LogP) is 4.20. The second-order valence-electron chi connectivity index (χ2n) is 4.49. The second-order valence-corrected chi connectivity index (χ2v) is 5.30. The van der Waals surface area contributed by atoms with Crippen molar-refractivity contribution in [3.05, 3.63) is 50.6 Å². The van der Waals surface area contributed by atoms with E-state index in [4.69, 9.17) is 4.74 Å². The molecule has 2 rings (SSSR count). The highest BCUT2D eigenvalue weighted by Gasteiger charge is 2.21. The summed E-state index contributed by atoms with van der Waals surface area (Å²) in [7, 11) is 0. The molecule has 0 radical (unpaired) electrons. The van der Waals surface area contributed by atoms with Crippen molar-refractivity contribution >= 4 is 21.6 Å². The maximum absolute atomic E-state index is 13.8. The van der Waals surface area contributed by atoms with E-state index in [1.807, 2.05) is 13.8 Å². The van der Waals surface area contributed by atoms with E-state index in [1.165, 1.54) is 12.1 Å². The first-order valence-electron chi connectivity index (χ1n) is 6.03. The van der Waals surface area contributed by atoms with Gasteiger partial charge in [-0.15, -0.1) is 0 Å². The lowest BCUT2D eigenvalue weighted by Crippen LogP contribution is -2.02. The number of aromatic nitrogens is 2. The maximum atomic E-state index is 13.8. The number of rotatable bonds is 4. The van der Waals surface area contributed by atoms with Gasteiger partial charge in [-0.25, -0.2) is 9.37 Å². The number of nitro groups is 1. The summed E-state index contributed by atoms with van der Waals surface area (Å²) in [4.78, 5) is 18.5. The van der Waals surface area contributed by atoms with Crippen molar-refractivity contribution in [2.45, 2.75) is 19.8 Å². The van der Waals surface area contributed by atoms with Gasteiger partial charge < -0.3 is 4.74 Å². The van der Waals surface area contributed by atoms with Gasteiger partial charge in [-0.05, 0) is 22.0 Å². The molecule has 0 aliphatic heterocycles. The first-order valence-corrected chi connectivity index (χ1v) is 6.83. The van der Waals surface area contributed by atoms with E-state index in [1.54, 1.807) is 0 Å². The number of nitro benzene ring substituents is 1. The molecular weight excluding hydrogens is 345 g/mol. The minimum atomic E-state index is -0.829. The van der Waals surface area contributed by atoms with Crippen LogP contribution in [0.5, 0.6) is 11.6 Å². The molecule has 21 heavy (non-hydrogen) atoms. The number of ether oxygens (including phenoxy) is 1. The summed E-state index contributed by atoms with van der Waals surface area (Å²) >= 11 is 3.20. The zero-order valence-electron chi connectivity index (χ0n) is 11.2. The molecule has 0 aliphatic carbocycles. The Bertz CT molecular complexity index is 694. The van der Waals surface area contributed by atoms with Crippen molar-refractivity contribution in [3.8, 4) is 11.6 Å². The third-order valence-electron chi connectivity index (χ3n) is 2.55. The topological polar surface area (TPSA) is 78.2 Å². The van der Waals surface area contributed by atoms with Crippen molar-refractivity contribution in [2.75, 3.05) is 0 Å². The van der Waals surface area contributed by atoms with Gasteiger partial charge in [0.15, 0.2) is 5.82 Å². The fraction of sp³-hybridized carbons (Fsp3) is 0.231. The minimum Gasteiger partial charge on any atom is -0.428 e. The Morgan fingerprint density at radius 2 is 2.10 bits per heavy atom. The van der Waals surface area contributed by atoms with Crippen molar-refractivity contribution < 1.29 is 14.1 Å². The smallest absolute Gasteiger partial charge is 0.314 e. The Hall–Kier alpha value is -2.09. The molecular formula is C13H11BrFN3O3. The van der Waals surface area contributed by atoms with E-state index < -0.39 is 22.2 Å². The highest BCUT2D eigenvalue weighted by Crippen LogP contribution is 2.33. The van der Waals surface area contributed by atoms with Gasteiger partial charge in [0.25, 0.3) is 0 Å². The first kappa shape index (κ1) is 15.3. The summed E-state index contributed by atoms with van der Waals surface area (Å²) < 4.78 is 19.5. The lowest BCUT2D eigenvalue weighted by atomic mass is 10.2. The molecule has 1 heterocycles.